The summed E-state index contributed by atoms with van der Waals surface area (Å²) >= 11 is 0. The summed E-state index contributed by atoms with van der Waals surface area (Å²) in [6, 6.07) is 25.2. The van der Waals surface area contributed by atoms with Crippen molar-refractivity contribution < 1.29 is 28.8 Å². The first-order valence-electron chi connectivity index (χ1n) is 11.1. The zero-order valence-electron chi connectivity index (χ0n) is 19.4. The maximum atomic E-state index is 11.8. The molecular weight excluding hydrogens is 446 g/mol. The third-order valence-electron chi connectivity index (χ3n) is 5.15. The van der Waals surface area contributed by atoms with Gasteiger partial charge in [-0.25, -0.2) is 9.78 Å². The molecule has 1 aromatic heterocycles. The van der Waals surface area contributed by atoms with Crippen molar-refractivity contribution in [2.45, 2.75) is 13.5 Å². The summed E-state index contributed by atoms with van der Waals surface area (Å²) in [5.41, 5.74) is 1.68. The smallest absolute Gasteiger partial charge is 0.337 e. The van der Waals surface area contributed by atoms with Crippen molar-refractivity contribution in [1.82, 2.24) is 4.98 Å². The highest BCUT2D eigenvalue weighted by Gasteiger charge is 2.16. The molecule has 4 rings (SSSR count). The van der Waals surface area contributed by atoms with Gasteiger partial charge in [0.25, 0.3) is 0 Å². The Morgan fingerprint density at radius 1 is 0.829 bits per heavy atom. The Morgan fingerprint density at radius 3 is 2.20 bits per heavy atom. The van der Waals surface area contributed by atoms with Gasteiger partial charge in [-0.3, -0.25) is 0 Å². The fourth-order valence-electron chi connectivity index (χ4n) is 3.45. The predicted molar refractivity (Wildman–Crippen MR) is 132 cm³/mol. The van der Waals surface area contributed by atoms with Crippen molar-refractivity contribution in [2.24, 2.45) is 0 Å². The zero-order valence-corrected chi connectivity index (χ0v) is 19.4. The summed E-state index contributed by atoms with van der Waals surface area (Å²) in [5, 5.41) is 9.65. The van der Waals surface area contributed by atoms with Gasteiger partial charge in [-0.1, -0.05) is 18.2 Å². The van der Waals surface area contributed by atoms with E-state index in [4.69, 9.17) is 18.9 Å². The van der Waals surface area contributed by atoms with Crippen molar-refractivity contribution in [3.63, 3.8) is 0 Å². The van der Waals surface area contributed by atoms with Crippen LogP contribution in [-0.2, 0) is 6.61 Å². The number of hydrogen-bond acceptors (Lipinski definition) is 6. The van der Waals surface area contributed by atoms with Crippen LogP contribution in [0, 0.1) is 0 Å². The lowest BCUT2D eigenvalue weighted by atomic mass is 10.1. The lowest BCUT2D eigenvalue weighted by molar-refractivity contribution is 0.0693. The number of rotatable bonds is 10. The number of benzene rings is 3. The Morgan fingerprint density at radius 2 is 1.51 bits per heavy atom. The van der Waals surface area contributed by atoms with Crippen LogP contribution in [0.5, 0.6) is 28.7 Å². The molecule has 0 amide bonds. The van der Waals surface area contributed by atoms with Gasteiger partial charge < -0.3 is 24.1 Å². The second-order valence-electron chi connectivity index (χ2n) is 7.47. The van der Waals surface area contributed by atoms with Crippen LogP contribution < -0.4 is 18.9 Å². The summed E-state index contributed by atoms with van der Waals surface area (Å²) in [4.78, 5) is 16.4. The normalized spacial score (nSPS) is 10.5. The van der Waals surface area contributed by atoms with Crippen molar-refractivity contribution >= 4 is 5.97 Å². The minimum Gasteiger partial charge on any atom is -0.497 e. The monoisotopic (exact) mass is 471 g/mol. The molecule has 0 aliphatic rings. The predicted octanol–water partition coefficient (Wildman–Crippen LogP) is 6.23. The van der Waals surface area contributed by atoms with Crippen molar-refractivity contribution in [2.75, 3.05) is 13.7 Å². The van der Waals surface area contributed by atoms with E-state index < -0.39 is 5.97 Å². The molecule has 0 saturated heterocycles. The number of aromatic carboxylic acids is 1. The Balaban J connectivity index is 1.54. The average molecular weight is 472 g/mol. The van der Waals surface area contributed by atoms with Gasteiger partial charge in [-0.05, 0) is 67.6 Å². The van der Waals surface area contributed by atoms with Crippen LogP contribution in [0.3, 0.4) is 0 Å². The molecule has 0 aliphatic heterocycles. The molecule has 0 spiro atoms. The molecule has 35 heavy (non-hydrogen) atoms. The van der Waals surface area contributed by atoms with E-state index >= 15 is 0 Å². The highest BCUT2D eigenvalue weighted by atomic mass is 16.5. The summed E-state index contributed by atoms with van der Waals surface area (Å²) in [6.07, 6.45) is 0. The number of para-hydroxylation sites is 1. The van der Waals surface area contributed by atoms with Crippen molar-refractivity contribution in [3.8, 4) is 40.0 Å². The molecule has 0 saturated carbocycles. The number of carboxylic acids is 1. The molecule has 4 aromatic rings. The summed E-state index contributed by atoms with van der Waals surface area (Å²) in [6.45, 7) is 2.33. The molecule has 0 bridgehead atoms. The van der Waals surface area contributed by atoms with Crippen molar-refractivity contribution in [3.05, 3.63) is 96.2 Å². The van der Waals surface area contributed by atoms with Gasteiger partial charge in [0, 0.05) is 11.6 Å². The molecular formula is C28H25NO6. The van der Waals surface area contributed by atoms with Crippen LogP contribution >= 0.6 is 0 Å². The topological polar surface area (TPSA) is 87.1 Å². The van der Waals surface area contributed by atoms with Crippen LogP contribution in [0.2, 0.25) is 0 Å². The minimum atomic E-state index is -1.07. The van der Waals surface area contributed by atoms with E-state index in [0.717, 1.165) is 11.3 Å². The number of carbonyl (C=O) groups is 1. The summed E-state index contributed by atoms with van der Waals surface area (Å²) in [7, 11) is 1.58. The van der Waals surface area contributed by atoms with Gasteiger partial charge in [0.2, 0.25) is 0 Å². The number of hydrogen-bond donors (Lipinski definition) is 1. The highest BCUT2D eigenvalue weighted by Crippen LogP contribution is 2.33. The first-order valence-corrected chi connectivity index (χ1v) is 11.1. The molecule has 0 fully saturated rings. The van der Waals surface area contributed by atoms with Crippen LogP contribution in [0.15, 0.2) is 84.9 Å². The number of aromatic nitrogens is 1. The standard InChI is InChI=1S/C28H25NO6/c1-3-33-27-17-22(32-2)13-14-23(27)25-16-15-24(28(30)31)26(29-25)18-34-19-9-11-21(12-10-19)35-20-7-5-4-6-8-20/h4-17H,3,18H2,1-2H3,(H,30,31). The van der Waals surface area contributed by atoms with Crippen LogP contribution in [0.25, 0.3) is 11.3 Å². The zero-order chi connectivity index (χ0) is 24.6. The van der Waals surface area contributed by atoms with E-state index in [1.807, 2.05) is 43.3 Å². The summed E-state index contributed by atoms with van der Waals surface area (Å²) in [5.74, 6) is 2.14. The Kier molecular flexibility index (Phi) is 7.47. The van der Waals surface area contributed by atoms with Crippen LogP contribution in [-0.4, -0.2) is 29.8 Å². The first-order chi connectivity index (χ1) is 17.1. The van der Waals surface area contributed by atoms with Gasteiger partial charge >= 0.3 is 5.97 Å². The molecule has 1 heterocycles. The first kappa shape index (κ1) is 23.6. The molecule has 0 unspecified atom stereocenters. The van der Waals surface area contributed by atoms with E-state index in [0.29, 0.717) is 41.0 Å². The maximum absolute atomic E-state index is 11.8. The second kappa shape index (κ2) is 11.1. The number of methoxy groups -OCH3 is 1. The summed E-state index contributed by atoms with van der Waals surface area (Å²) < 4.78 is 22.7. The number of ether oxygens (including phenoxy) is 4. The van der Waals surface area contributed by atoms with E-state index in [9.17, 15) is 9.90 Å². The lowest BCUT2D eigenvalue weighted by Crippen LogP contribution is -2.09. The van der Waals surface area contributed by atoms with Crippen LogP contribution in [0.4, 0.5) is 0 Å². The van der Waals surface area contributed by atoms with Gasteiger partial charge in [0.05, 0.1) is 30.7 Å². The minimum absolute atomic E-state index is 0.0194. The number of carboxylic acid groups (broad SMARTS) is 1. The molecule has 7 heteroatoms. The third kappa shape index (κ3) is 5.89. The molecule has 3 aromatic carbocycles. The molecule has 0 atom stereocenters. The fraction of sp³-hybridized carbons (Fsp3) is 0.143. The largest absolute Gasteiger partial charge is 0.497 e. The molecule has 178 valence electrons. The average Bonchev–Trinajstić information content (AvgIpc) is 2.89. The van der Waals surface area contributed by atoms with Crippen molar-refractivity contribution in [1.29, 1.82) is 0 Å². The number of pyridine rings is 1. The van der Waals surface area contributed by atoms with E-state index in [1.54, 1.807) is 49.6 Å². The Labute approximate surface area is 203 Å². The van der Waals surface area contributed by atoms with Gasteiger partial charge in [0.15, 0.2) is 0 Å². The SMILES string of the molecule is CCOc1cc(OC)ccc1-c1ccc(C(=O)O)c(COc2ccc(Oc3ccccc3)cc2)n1. The lowest BCUT2D eigenvalue weighted by Gasteiger charge is -2.14. The Bertz CT molecular complexity index is 1290. The third-order valence-corrected chi connectivity index (χ3v) is 5.15. The fourth-order valence-corrected chi connectivity index (χ4v) is 3.45. The van der Waals surface area contributed by atoms with E-state index in [2.05, 4.69) is 4.98 Å². The van der Waals surface area contributed by atoms with Crippen LogP contribution in [0.1, 0.15) is 23.0 Å². The molecule has 7 nitrogen and oxygen atoms in total. The van der Waals surface area contributed by atoms with Gasteiger partial charge in [-0.2, -0.15) is 0 Å². The molecule has 0 radical (unpaired) electrons. The quantitative estimate of drug-likeness (QED) is 0.293. The molecule has 0 aliphatic carbocycles. The van der Waals surface area contributed by atoms with E-state index in [1.165, 1.54) is 6.07 Å². The van der Waals surface area contributed by atoms with Gasteiger partial charge in [0.1, 0.15) is 35.4 Å². The second-order valence-corrected chi connectivity index (χ2v) is 7.47. The van der Waals surface area contributed by atoms with Gasteiger partial charge in [-0.15, -0.1) is 0 Å². The number of nitrogens with zero attached hydrogens (tertiary/aromatic N) is 1. The van der Waals surface area contributed by atoms with E-state index in [-0.39, 0.29) is 12.2 Å². The highest BCUT2D eigenvalue weighted by molar-refractivity contribution is 5.89. The maximum Gasteiger partial charge on any atom is 0.337 e. The Hall–Kier alpha value is -4.52. The molecule has 1 N–H and O–H groups in total.